The lowest BCUT2D eigenvalue weighted by atomic mass is 9.99. The average molecular weight is 429 g/mol. The van der Waals surface area contributed by atoms with Gasteiger partial charge in [0.25, 0.3) is 0 Å². The summed E-state index contributed by atoms with van der Waals surface area (Å²) in [7, 11) is 0. The van der Waals surface area contributed by atoms with Gasteiger partial charge in [0.15, 0.2) is 5.76 Å². The number of halogens is 1. The van der Waals surface area contributed by atoms with E-state index in [0.29, 0.717) is 30.3 Å². The van der Waals surface area contributed by atoms with Gasteiger partial charge in [0.1, 0.15) is 24.0 Å². The third-order valence-corrected chi connectivity index (χ3v) is 6.11. The summed E-state index contributed by atoms with van der Waals surface area (Å²) in [5, 5.41) is 0. The van der Waals surface area contributed by atoms with E-state index in [1.807, 2.05) is 62.4 Å². The highest BCUT2D eigenvalue weighted by molar-refractivity contribution is 6.15. The monoisotopic (exact) mass is 429 g/mol. The van der Waals surface area contributed by atoms with Gasteiger partial charge in [0.2, 0.25) is 5.78 Å². The van der Waals surface area contributed by atoms with Crippen molar-refractivity contribution < 1.29 is 18.7 Å². The van der Waals surface area contributed by atoms with Crippen LogP contribution in [0.3, 0.4) is 0 Å². The summed E-state index contributed by atoms with van der Waals surface area (Å²) in [5.41, 5.74) is 5.57. The summed E-state index contributed by atoms with van der Waals surface area (Å²) in [5.74, 6) is 1.40. The molecule has 0 radical (unpaired) electrons. The third kappa shape index (κ3) is 3.80. The fourth-order valence-corrected chi connectivity index (χ4v) is 4.27. The van der Waals surface area contributed by atoms with Crippen molar-refractivity contribution in [3.05, 3.63) is 99.6 Å². The zero-order valence-corrected chi connectivity index (χ0v) is 18.2. The van der Waals surface area contributed by atoms with Crippen LogP contribution < -0.4 is 9.47 Å². The lowest BCUT2D eigenvalue weighted by Crippen LogP contribution is -2.34. The lowest BCUT2D eigenvalue weighted by molar-refractivity contribution is 0.0954. The van der Waals surface area contributed by atoms with E-state index in [4.69, 9.17) is 9.47 Å². The van der Waals surface area contributed by atoms with E-state index in [9.17, 15) is 9.18 Å². The highest BCUT2D eigenvalue weighted by Gasteiger charge is 2.33. The summed E-state index contributed by atoms with van der Waals surface area (Å²) < 4.78 is 25.2. The van der Waals surface area contributed by atoms with Crippen LogP contribution in [0.2, 0.25) is 0 Å². The average Bonchev–Trinajstić information content (AvgIpc) is 3.10. The van der Waals surface area contributed by atoms with Gasteiger partial charge < -0.3 is 9.47 Å². The number of Topliss-reactive ketones (excluding diaryl/α,β-unsaturated/α-hetero) is 1. The summed E-state index contributed by atoms with van der Waals surface area (Å²) >= 11 is 0. The highest BCUT2D eigenvalue weighted by Crippen LogP contribution is 2.43. The Hall–Kier alpha value is -3.44. The van der Waals surface area contributed by atoms with Crippen LogP contribution in [-0.2, 0) is 13.0 Å². The maximum atomic E-state index is 13.1. The molecule has 0 unspecified atom stereocenters. The molecule has 3 aromatic rings. The van der Waals surface area contributed by atoms with Gasteiger partial charge in [-0.3, -0.25) is 9.69 Å². The van der Waals surface area contributed by atoms with Gasteiger partial charge in [-0.1, -0.05) is 36.4 Å². The SMILES string of the molecule is Cc1ccccc1/C=C1\Oc2c(cc3c(c2C)OCN(CCc2ccc(F)cc2)C3)C1=O. The van der Waals surface area contributed by atoms with Crippen LogP contribution in [0.4, 0.5) is 4.39 Å². The highest BCUT2D eigenvalue weighted by atomic mass is 19.1. The van der Waals surface area contributed by atoms with Gasteiger partial charge in [-0.15, -0.1) is 0 Å². The van der Waals surface area contributed by atoms with Crippen LogP contribution in [0.5, 0.6) is 11.5 Å². The zero-order valence-electron chi connectivity index (χ0n) is 18.2. The Morgan fingerprint density at radius 2 is 1.84 bits per heavy atom. The Balaban J connectivity index is 1.36. The molecule has 0 aromatic heterocycles. The number of nitrogens with zero attached hydrogens (tertiary/aromatic N) is 1. The Kier molecular flexibility index (Phi) is 5.27. The van der Waals surface area contributed by atoms with Gasteiger partial charge in [-0.25, -0.2) is 4.39 Å². The number of rotatable bonds is 4. The Morgan fingerprint density at radius 3 is 2.62 bits per heavy atom. The molecule has 0 saturated heterocycles. The molecule has 4 nitrogen and oxygen atoms in total. The normalized spacial score (nSPS) is 16.5. The lowest BCUT2D eigenvalue weighted by Gasteiger charge is -2.30. The van der Waals surface area contributed by atoms with Crippen LogP contribution >= 0.6 is 0 Å². The number of carbonyl (C=O) groups is 1. The zero-order chi connectivity index (χ0) is 22.2. The van der Waals surface area contributed by atoms with E-state index in [2.05, 4.69) is 4.90 Å². The van der Waals surface area contributed by atoms with Crippen LogP contribution in [0.25, 0.3) is 6.08 Å². The first-order valence-corrected chi connectivity index (χ1v) is 10.8. The second-order valence-corrected chi connectivity index (χ2v) is 8.37. The largest absolute Gasteiger partial charge is 0.477 e. The van der Waals surface area contributed by atoms with Gasteiger partial charge in [0.05, 0.1) is 5.56 Å². The number of aryl methyl sites for hydroxylation is 1. The summed E-state index contributed by atoms with van der Waals surface area (Å²) in [6.45, 7) is 5.89. The van der Waals surface area contributed by atoms with E-state index in [1.54, 1.807) is 0 Å². The number of hydrogen-bond acceptors (Lipinski definition) is 4. The molecule has 162 valence electrons. The molecule has 32 heavy (non-hydrogen) atoms. The first kappa shape index (κ1) is 20.5. The Labute approximate surface area is 186 Å². The third-order valence-electron chi connectivity index (χ3n) is 6.11. The van der Waals surface area contributed by atoms with E-state index < -0.39 is 0 Å². The molecule has 0 spiro atoms. The molecule has 2 heterocycles. The predicted octanol–water partition coefficient (Wildman–Crippen LogP) is 5.45. The Morgan fingerprint density at radius 1 is 1.06 bits per heavy atom. The van der Waals surface area contributed by atoms with Crippen molar-refractivity contribution in [2.24, 2.45) is 0 Å². The van der Waals surface area contributed by atoms with E-state index in [1.165, 1.54) is 12.1 Å². The minimum atomic E-state index is -0.226. The minimum Gasteiger partial charge on any atom is -0.477 e. The Bertz CT molecular complexity index is 1230. The number of ether oxygens (including phenoxy) is 2. The maximum Gasteiger partial charge on any atom is 0.231 e. The van der Waals surface area contributed by atoms with Crippen molar-refractivity contribution in [2.75, 3.05) is 13.3 Å². The summed E-state index contributed by atoms with van der Waals surface area (Å²) in [4.78, 5) is 15.3. The molecule has 2 aliphatic rings. The van der Waals surface area contributed by atoms with Crippen molar-refractivity contribution in [3.8, 4) is 11.5 Å². The standard InChI is InChI=1S/C27H24FNO3/c1-17-5-3-4-6-20(17)14-24-25(30)23-13-21-15-29(12-11-19-7-9-22(28)10-8-19)16-31-26(21)18(2)27(23)32-24/h3-10,13-14H,11-12,15-16H2,1-2H3/b24-14-. The fourth-order valence-electron chi connectivity index (χ4n) is 4.27. The number of benzene rings is 3. The van der Waals surface area contributed by atoms with Crippen LogP contribution in [0.15, 0.2) is 60.4 Å². The fraction of sp³-hybridized carbons (Fsp3) is 0.222. The molecular weight excluding hydrogens is 405 g/mol. The van der Waals surface area contributed by atoms with E-state index in [-0.39, 0.29) is 11.6 Å². The number of ketones is 1. The predicted molar refractivity (Wildman–Crippen MR) is 121 cm³/mol. The van der Waals surface area contributed by atoms with Crippen LogP contribution in [-0.4, -0.2) is 24.0 Å². The number of carbonyl (C=O) groups excluding carboxylic acids is 1. The van der Waals surface area contributed by atoms with Crippen LogP contribution in [0, 0.1) is 19.7 Å². The van der Waals surface area contributed by atoms with E-state index in [0.717, 1.165) is 46.5 Å². The molecule has 3 aromatic carbocycles. The molecule has 0 N–H and O–H groups in total. The second-order valence-electron chi connectivity index (χ2n) is 8.37. The van der Waals surface area contributed by atoms with Gasteiger partial charge >= 0.3 is 0 Å². The molecule has 0 saturated carbocycles. The first-order chi connectivity index (χ1) is 15.5. The first-order valence-electron chi connectivity index (χ1n) is 10.8. The molecule has 0 aliphatic carbocycles. The molecule has 0 amide bonds. The van der Waals surface area contributed by atoms with Gasteiger partial charge in [-0.2, -0.15) is 0 Å². The molecule has 0 atom stereocenters. The van der Waals surface area contributed by atoms with Crippen molar-refractivity contribution in [2.45, 2.75) is 26.8 Å². The minimum absolute atomic E-state index is 0.0995. The van der Waals surface area contributed by atoms with Gasteiger partial charge in [-0.05, 0) is 61.2 Å². The second kappa shape index (κ2) is 8.24. The van der Waals surface area contributed by atoms with Gasteiger partial charge in [0, 0.05) is 24.2 Å². The van der Waals surface area contributed by atoms with Crippen molar-refractivity contribution in [3.63, 3.8) is 0 Å². The molecule has 5 heteroatoms. The molecule has 2 aliphatic heterocycles. The molecule has 0 bridgehead atoms. The number of fused-ring (bicyclic) bond motifs is 2. The quantitative estimate of drug-likeness (QED) is 0.517. The van der Waals surface area contributed by atoms with Crippen molar-refractivity contribution >= 4 is 11.9 Å². The smallest absolute Gasteiger partial charge is 0.231 e. The molecule has 5 rings (SSSR count). The maximum absolute atomic E-state index is 13.1. The summed E-state index contributed by atoms with van der Waals surface area (Å²) in [6, 6.07) is 16.4. The topological polar surface area (TPSA) is 38.8 Å². The molecular formula is C27H24FNO3. The van der Waals surface area contributed by atoms with Crippen molar-refractivity contribution in [1.29, 1.82) is 0 Å². The molecule has 0 fully saturated rings. The number of hydrogen-bond donors (Lipinski definition) is 0. The van der Waals surface area contributed by atoms with Crippen molar-refractivity contribution in [1.82, 2.24) is 4.90 Å². The van der Waals surface area contributed by atoms with E-state index >= 15 is 0 Å². The van der Waals surface area contributed by atoms with Crippen LogP contribution in [0.1, 0.15) is 38.2 Å². The number of allylic oxidation sites excluding steroid dienone is 1. The summed E-state index contributed by atoms with van der Waals surface area (Å²) in [6.07, 6.45) is 2.61.